The number of benzene rings is 1. The van der Waals surface area contributed by atoms with Gasteiger partial charge in [0.05, 0.1) is 17.9 Å². The van der Waals surface area contributed by atoms with E-state index < -0.39 is 52.7 Å². The van der Waals surface area contributed by atoms with Crippen molar-refractivity contribution >= 4 is 11.9 Å². The fraction of sp³-hybridized carbons (Fsp3) is 0.379. The number of alkyl halides is 6. The Bertz CT molecular complexity index is 1540. The Labute approximate surface area is 251 Å². The first-order chi connectivity index (χ1) is 21.0. The average molecular weight is 647 g/mol. The molecule has 2 aliphatic rings. The quantitative estimate of drug-likeness (QED) is 0.360. The molecule has 45 heavy (non-hydrogen) atoms. The second-order valence-corrected chi connectivity index (χ2v) is 10.5. The van der Waals surface area contributed by atoms with Gasteiger partial charge >= 0.3 is 18.3 Å². The van der Waals surface area contributed by atoms with Crippen molar-refractivity contribution in [2.24, 2.45) is 0 Å². The molecule has 5 rings (SSSR count). The lowest BCUT2D eigenvalue weighted by Gasteiger charge is -2.39. The molecule has 0 aliphatic carbocycles. The zero-order valence-corrected chi connectivity index (χ0v) is 23.5. The van der Waals surface area contributed by atoms with E-state index in [2.05, 4.69) is 14.9 Å². The first-order valence-corrected chi connectivity index (χ1v) is 13.3. The first kappa shape index (κ1) is 33.7. The van der Waals surface area contributed by atoms with Crippen molar-refractivity contribution in [1.82, 2.24) is 20.2 Å². The van der Waals surface area contributed by atoms with Crippen molar-refractivity contribution in [3.05, 3.63) is 94.6 Å². The fourth-order valence-electron chi connectivity index (χ4n) is 5.39. The highest BCUT2D eigenvalue weighted by atomic mass is 19.4. The Balaban J connectivity index is 0.000000591. The van der Waals surface area contributed by atoms with E-state index >= 15 is 0 Å². The number of amides is 1. The summed E-state index contributed by atoms with van der Waals surface area (Å²) < 4.78 is 109. The van der Waals surface area contributed by atoms with E-state index in [0.29, 0.717) is 43.9 Å². The van der Waals surface area contributed by atoms with E-state index in [-0.39, 0.29) is 5.60 Å². The molecule has 4 heterocycles. The zero-order valence-electron chi connectivity index (χ0n) is 23.5. The van der Waals surface area contributed by atoms with Crippen LogP contribution in [0.5, 0.6) is 0 Å². The van der Waals surface area contributed by atoms with Gasteiger partial charge in [0, 0.05) is 50.7 Å². The van der Waals surface area contributed by atoms with Gasteiger partial charge in [0.2, 0.25) is 11.4 Å². The van der Waals surface area contributed by atoms with Gasteiger partial charge in [0.25, 0.3) is 0 Å². The second kappa shape index (κ2) is 12.7. The lowest BCUT2D eigenvalue weighted by atomic mass is 9.84. The highest BCUT2D eigenvalue weighted by Gasteiger charge is 2.59. The van der Waals surface area contributed by atoms with Crippen LogP contribution in [0.15, 0.2) is 55.0 Å². The number of hydrogen-bond donors (Lipinski definition) is 2. The van der Waals surface area contributed by atoms with Crippen LogP contribution >= 0.6 is 0 Å². The third kappa shape index (κ3) is 7.06. The summed E-state index contributed by atoms with van der Waals surface area (Å²) in [6.45, 7) is 3.34. The number of ether oxygens (including phenoxy) is 1. The predicted molar refractivity (Wildman–Crippen MR) is 140 cm³/mol. The predicted octanol–water partition coefficient (Wildman–Crippen LogP) is 5.35. The van der Waals surface area contributed by atoms with Gasteiger partial charge < -0.3 is 15.2 Å². The molecule has 0 radical (unpaired) electrons. The highest BCUT2D eigenvalue weighted by Crippen LogP contribution is 2.45. The molecular formula is C29H26F8N4O4. The molecule has 1 amide bonds. The van der Waals surface area contributed by atoms with Crippen molar-refractivity contribution in [1.29, 1.82) is 0 Å². The number of rotatable bonds is 5. The van der Waals surface area contributed by atoms with Gasteiger partial charge in [-0.05, 0) is 53.8 Å². The number of carboxylic acid groups (broad SMARTS) is 1. The topological polar surface area (TPSA) is 105 Å². The minimum atomic E-state index is -5.11. The van der Waals surface area contributed by atoms with Gasteiger partial charge in [-0.2, -0.15) is 26.3 Å². The van der Waals surface area contributed by atoms with E-state index in [0.717, 1.165) is 43.0 Å². The minimum absolute atomic E-state index is 0.364. The number of fused-ring (bicyclic) bond motifs is 2. The van der Waals surface area contributed by atoms with Gasteiger partial charge in [-0.3, -0.25) is 19.7 Å². The first-order valence-electron chi connectivity index (χ1n) is 13.3. The number of aromatic nitrogens is 2. The molecule has 2 aliphatic heterocycles. The molecule has 16 heteroatoms. The Kier molecular flexibility index (Phi) is 9.49. The molecule has 0 unspecified atom stereocenters. The maximum Gasteiger partial charge on any atom is 0.490 e. The number of carbonyl (C=O) groups is 2. The summed E-state index contributed by atoms with van der Waals surface area (Å²) >= 11 is 0. The summed E-state index contributed by atoms with van der Waals surface area (Å²) in [5.74, 6) is -6.54. The summed E-state index contributed by atoms with van der Waals surface area (Å²) in [4.78, 5) is 31.2. The molecular weight excluding hydrogens is 620 g/mol. The molecule has 1 saturated heterocycles. The van der Waals surface area contributed by atoms with E-state index in [1.165, 1.54) is 12.3 Å². The number of nitrogens with zero attached hydrogens (tertiary/aromatic N) is 3. The van der Waals surface area contributed by atoms with Crippen LogP contribution in [0.2, 0.25) is 0 Å². The van der Waals surface area contributed by atoms with Crippen LogP contribution in [0.25, 0.3) is 0 Å². The number of nitrogens with one attached hydrogen (secondary N) is 1. The van der Waals surface area contributed by atoms with Crippen LogP contribution < -0.4 is 5.32 Å². The van der Waals surface area contributed by atoms with Gasteiger partial charge in [0.1, 0.15) is 0 Å². The number of hydrogen-bond acceptors (Lipinski definition) is 6. The lowest BCUT2D eigenvalue weighted by molar-refractivity contribution is -0.192. The van der Waals surface area contributed by atoms with Crippen molar-refractivity contribution in [2.45, 2.75) is 56.4 Å². The second-order valence-electron chi connectivity index (χ2n) is 10.5. The number of piperidine rings is 1. The van der Waals surface area contributed by atoms with Crippen molar-refractivity contribution in [3.8, 4) is 0 Å². The SMILES string of the molecule is CC(=O)N[C@@](c1ccc(F)c(F)c1)(c1ccc(CN2CCC3(CC2)OCc2ccncc23)cn1)C(F)(F)F.O=C(O)C(F)(F)F. The van der Waals surface area contributed by atoms with Crippen LogP contribution in [-0.2, 0) is 38.6 Å². The molecule has 1 aromatic carbocycles. The normalized spacial score (nSPS) is 17.5. The van der Waals surface area contributed by atoms with Gasteiger partial charge in [0.15, 0.2) is 11.6 Å². The largest absolute Gasteiger partial charge is 0.490 e. The summed E-state index contributed by atoms with van der Waals surface area (Å²) in [7, 11) is 0. The van der Waals surface area contributed by atoms with Crippen LogP contribution in [0.3, 0.4) is 0 Å². The number of carbonyl (C=O) groups excluding carboxylic acids is 1. The molecule has 2 aromatic heterocycles. The molecule has 8 nitrogen and oxygen atoms in total. The molecule has 2 N–H and O–H groups in total. The van der Waals surface area contributed by atoms with E-state index in [9.17, 15) is 39.9 Å². The number of pyridine rings is 2. The Hall–Kier alpha value is -4.18. The van der Waals surface area contributed by atoms with Gasteiger partial charge in [-0.25, -0.2) is 13.6 Å². The van der Waals surface area contributed by atoms with E-state index in [1.54, 1.807) is 6.20 Å². The molecule has 0 saturated carbocycles. The van der Waals surface area contributed by atoms with Gasteiger partial charge in [-0.1, -0.05) is 12.1 Å². The minimum Gasteiger partial charge on any atom is -0.475 e. The number of halogens is 8. The van der Waals surface area contributed by atoms with Gasteiger partial charge in [-0.15, -0.1) is 0 Å². The van der Waals surface area contributed by atoms with Crippen molar-refractivity contribution < 1.29 is 54.6 Å². The average Bonchev–Trinajstić information content (AvgIpc) is 3.32. The molecule has 242 valence electrons. The van der Waals surface area contributed by atoms with Crippen molar-refractivity contribution in [3.63, 3.8) is 0 Å². The molecule has 1 atom stereocenters. The van der Waals surface area contributed by atoms with Crippen LogP contribution in [0.4, 0.5) is 35.1 Å². The number of likely N-dealkylation sites (tertiary alicyclic amines) is 1. The Morgan fingerprint density at radius 2 is 1.67 bits per heavy atom. The zero-order chi connectivity index (χ0) is 33.2. The molecule has 1 fully saturated rings. The molecule has 0 bridgehead atoms. The Morgan fingerprint density at radius 1 is 1.00 bits per heavy atom. The van der Waals surface area contributed by atoms with Crippen molar-refractivity contribution in [2.75, 3.05) is 13.1 Å². The summed E-state index contributed by atoms with van der Waals surface area (Å²) in [5, 5.41) is 9.03. The number of carboxylic acids is 1. The van der Waals surface area contributed by atoms with E-state index in [4.69, 9.17) is 14.6 Å². The monoisotopic (exact) mass is 646 g/mol. The van der Waals surface area contributed by atoms with Crippen LogP contribution in [0, 0.1) is 11.6 Å². The third-order valence-corrected chi connectivity index (χ3v) is 7.57. The van der Waals surface area contributed by atoms with E-state index in [1.807, 2.05) is 17.6 Å². The molecule has 3 aromatic rings. The Morgan fingerprint density at radius 3 is 2.20 bits per heavy atom. The lowest BCUT2D eigenvalue weighted by Crippen LogP contribution is -2.57. The smallest absolute Gasteiger partial charge is 0.475 e. The summed E-state index contributed by atoms with van der Waals surface area (Å²) in [6.07, 6.45) is -3.76. The standard InChI is InChI=1S/C27H25F5N4O2.C2HF3O2/c1-17(37)35-26(27(30,31)32,20-3-4-22(28)23(29)12-20)24-5-2-18(13-34-24)15-36-10-7-25(8-11-36)21-14-33-9-6-19(21)16-38-25;3-2(4,5)1(6)7/h2-6,9,12-14H,7-8,10-11,15-16H2,1H3,(H,35,37);(H,6,7)/t26-;/m0./s1. The highest BCUT2D eigenvalue weighted by molar-refractivity contribution is 5.75. The van der Waals surface area contributed by atoms with Crippen LogP contribution in [-0.4, -0.2) is 57.3 Å². The maximum atomic E-state index is 14.6. The maximum absolute atomic E-state index is 14.6. The summed E-state index contributed by atoms with van der Waals surface area (Å²) in [5.41, 5.74) is -1.85. The summed E-state index contributed by atoms with van der Waals surface area (Å²) in [6, 6.07) is 6.43. The fourth-order valence-corrected chi connectivity index (χ4v) is 5.39. The number of aliphatic carboxylic acids is 1. The molecule has 1 spiro atoms. The third-order valence-electron chi connectivity index (χ3n) is 7.57. The van der Waals surface area contributed by atoms with Crippen LogP contribution in [0.1, 0.15) is 47.7 Å².